The van der Waals surface area contributed by atoms with Crippen molar-refractivity contribution in [3.63, 3.8) is 0 Å². The summed E-state index contributed by atoms with van der Waals surface area (Å²) < 4.78 is 13.4. The highest BCUT2D eigenvalue weighted by Crippen LogP contribution is 2.15. The van der Waals surface area contributed by atoms with Gasteiger partial charge in [0.25, 0.3) is 0 Å². The second kappa shape index (κ2) is 5.43. The molecule has 0 amide bonds. The smallest absolute Gasteiger partial charge is 0.146 e. The maximum absolute atomic E-state index is 13.4. The summed E-state index contributed by atoms with van der Waals surface area (Å²) in [6.07, 6.45) is 4.41. The van der Waals surface area contributed by atoms with Crippen molar-refractivity contribution in [2.75, 3.05) is 11.9 Å². The average Bonchev–Trinajstić information content (AvgIpc) is 2.35. The summed E-state index contributed by atoms with van der Waals surface area (Å²) in [5, 5.41) is 3.10. The standard InChI is InChI=1S/C14H15FN2/c1-11-4-5-13(15)14(9-11)17-8-6-12-3-2-7-16-10-12/h2-5,7,9-10,17H,6,8H2,1H3. The molecule has 1 aromatic carbocycles. The number of hydrogen-bond acceptors (Lipinski definition) is 2. The Labute approximate surface area is 101 Å². The van der Waals surface area contributed by atoms with E-state index in [0.717, 1.165) is 17.5 Å². The Morgan fingerprint density at radius 2 is 2.18 bits per heavy atom. The lowest BCUT2D eigenvalue weighted by atomic mass is 10.2. The number of nitrogens with one attached hydrogen (secondary N) is 1. The summed E-state index contributed by atoms with van der Waals surface area (Å²) in [5.74, 6) is -0.207. The van der Waals surface area contributed by atoms with Gasteiger partial charge < -0.3 is 5.32 Å². The van der Waals surface area contributed by atoms with E-state index in [2.05, 4.69) is 10.3 Å². The predicted molar refractivity (Wildman–Crippen MR) is 67.6 cm³/mol. The van der Waals surface area contributed by atoms with Gasteiger partial charge in [-0.25, -0.2) is 4.39 Å². The van der Waals surface area contributed by atoms with Crippen molar-refractivity contribution in [2.24, 2.45) is 0 Å². The molecular weight excluding hydrogens is 215 g/mol. The molecule has 0 atom stereocenters. The molecule has 88 valence electrons. The van der Waals surface area contributed by atoms with Crippen molar-refractivity contribution in [1.82, 2.24) is 4.98 Å². The lowest BCUT2D eigenvalue weighted by Gasteiger charge is -2.08. The van der Waals surface area contributed by atoms with Crippen molar-refractivity contribution in [1.29, 1.82) is 0 Å². The topological polar surface area (TPSA) is 24.9 Å². The third kappa shape index (κ3) is 3.28. The van der Waals surface area contributed by atoms with E-state index in [0.29, 0.717) is 12.2 Å². The summed E-state index contributed by atoms with van der Waals surface area (Å²) in [6, 6.07) is 8.99. The molecule has 0 bridgehead atoms. The van der Waals surface area contributed by atoms with Crippen molar-refractivity contribution in [3.8, 4) is 0 Å². The second-order valence-electron chi connectivity index (χ2n) is 4.02. The molecule has 1 N–H and O–H groups in total. The molecule has 2 rings (SSSR count). The van der Waals surface area contributed by atoms with Crippen molar-refractivity contribution in [3.05, 3.63) is 59.7 Å². The Balaban J connectivity index is 1.92. The van der Waals surface area contributed by atoms with Crippen LogP contribution in [0.4, 0.5) is 10.1 Å². The zero-order chi connectivity index (χ0) is 12.1. The Hall–Kier alpha value is -1.90. The minimum atomic E-state index is -0.207. The SMILES string of the molecule is Cc1ccc(F)c(NCCc2cccnc2)c1. The molecule has 1 heterocycles. The van der Waals surface area contributed by atoms with Gasteiger partial charge in [-0.3, -0.25) is 4.98 Å². The highest BCUT2D eigenvalue weighted by Gasteiger charge is 2.01. The highest BCUT2D eigenvalue weighted by atomic mass is 19.1. The number of rotatable bonds is 4. The molecule has 0 aliphatic heterocycles. The van der Waals surface area contributed by atoms with E-state index < -0.39 is 0 Å². The maximum atomic E-state index is 13.4. The minimum Gasteiger partial charge on any atom is -0.382 e. The molecule has 0 spiro atoms. The first kappa shape index (κ1) is 11.6. The molecule has 0 aliphatic rings. The quantitative estimate of drug-likeness (QED) is 0.872. The van der Waals surface area contributed by atoms with Gasteiger partial charge in [-0.2, -0.15) is 0 Å². The normalized spacial score (nSPS) is 10.2. The number of aromatic nitrogens is 1. The first-order valence-electron chi connectivity index (χ1n) is 5.64. The van der Waals surface area contributed by atoms with Gasteiger partial charge in [0.1, 0.15) is 5.82 Å². The third-order valence-electron chi connectivity index (χ3n) is 2.57. The predicted octanol–water partition coefficient (Wildman–Crippen LogP) is 3.18. The fraction of sp³-hybridized carbons (Fsp3) is 0.214. The molecule has 2 aromatic rings. The van der Waals surface area contributed by atoms with E-state index >= 15 is 0 Å². The number of anilines is 1. The van der Waals surface area contributed by atoms with E-state index in [1.54, 1.807) is 12.3 Å². The summed E-state index contributed by atoms with van der Waals surface area (Å²) >= 11 is 0. The Morgan fingerprint density at radius 3 is 2.94 bits per heavy atom. The lowest BCUT2D eigenvalue weighted by Crippen LogP contribution is -2.06. The highest BCUT2D eigenvalue weighted by molar-refractivity contribution is 5.47. The number of hydrogen-bond donors (Lipinski definition) is 1. The average molecular weight is 230 g/mol. The number of benzene rings is 1. The lowest BCUT2D eigenvalue weighted by molar-refractivity contribution is 0.629. The van der Waals surface area contributed by atoms with Crippen LogP contribution in [-0.4, -0.2) is 11.5 Å². The van der Waals surface area contributed by atoms with Crippen LogP contribution < -0.4 is 5.32 Å². The van der Waals surface area contributed by atoms with E-state index in [-0.39, 0.29) is 5.82 Å². The molecule has 0 radical (unpaired) electrons. The minimum absolute atomic E-state index is 0.207. The molecule has 0 saturated heterocycles. The molecule has 0 fully saturated rings. The van der Waals surface area contributed by atoms with E-state index in [1.807, 2.05) is 31.3 Å². The van der Waals surface area contributed by atoms with E-state index in [9.17, 15) is 4.39 Å². The molecule has 0 unspecified atom stereocenters. The van der Waals surface area contributed by atoms with Crippen LogP contribution in [0, 0.1) is 12.7 Å². The van der Waals surface area contributed by atoms with E-state index in [1.165, 1.54) is 6.07 Å². The maximum Gasteiger partial charge on any atom is 0.146 e. The third-order valence-corrected chi connectivity index (χ3v) is 2.57. The second-order valence-corrected chi connectivity index (χ2v) is 4.02. The van der Waals surface area contributed by atoms with Crippen LogP contribution in [0.1, 0.15) is 11.1 Å². The summed E-state index contributed by atoms with van der Waals surface area (Å²) in [5.41, 5.74) is 2.76. The summed E-state index contributed by atoms with van der Waals surface area (Å²) in [7, 11) is 0. The summed E-state index contributed by atoms with van der Waals surface area (Å²) in [4.78, 5) is 4.04. The van der Waals surface area contributed by atoms with Gasteiger partial charge in [0.05, 0.1) is 5.69 Å². The largest absolute Gasteiger partial charge is 0.382 e. The Morgan fingerprint density at radius 1 is 1.29 bits per heavy atom. The first-order valence-corrected chi connectivity index (χ1v) is 5.64. The number of nitrogens with zero attached hydrogens (tertiary/aromatic N) is 1. The van der Waals surface area contributed by atoms with Crippen LogP contribution in [0.25, 0.3) is 0 Å². The fourth-order valence-electron chi connectivity index (χ4n) is 1.66. The molecule has 2 nitrogen and oxygen atoms in total. The van der Waals surface area contributed by atoms with Crippen molar-refractivity contribution >= 4 is 5.69 Å². The zero-order valence-electron chi connectivity index (χ0n) is 9.78. The fourth-order valence-corrected chi connectivity index (χ4v) is 1.66. The molecular formula is C14H15FN2. The number of halogens is 1. The Kier molecular flexibility index (Phi) is 3.70. The van der Waals surface area contributed by atoms with Gasteiger partial charge in [-0.1, -0.05) is 12.1 Å². The van der Waals surface area contributed by atoms with Crippen LogP contribution >= 0.6 is 0 Å². The molecule has 17 heavy (non-hydrogen) atoms. The van der Waals surface area contributed by atoms with Crippen LogP contribution in [0.5, 0.6) is 0 Å². The molecule has 0 aliphatic carbocycles. The zero-order valence-corrected chi connectivity index (χ0v) is 9.78. The van der Waals surface area contributed by atoms with Crippen molar-refractivity contribution in [2.45, 2.75) is 13.3 Å². The van der Waals surface area contributed by atoms with Gasteiger partial charge in [-0.15, -0.1) is 0 Å². The number of pyridine rings is 1. The van der Waals surface area contributed by atoms with Gasteiger partial charge in [0, 0.05) is 18.9 Å². The van der Waals surface area contributed by atoms with E-state index in [4.69, 9.17) is 0 Å². The van der Waals surface area contributed by atoms with Gasteiger partial charge >= 0.3 is 0 Å². The monoisotopic (exact) mass is 230 g/mol. The first-order chi connectivity index (χ1) is 8.25. The van der Waals surface area contributed by atoms with Crippen LogP contribution in [0.15, 0.2) is 42.7 Å². The molecule has 3 heteroatoms. The Bertz CT molecular complexity index is 483. The van der Waals surface area contributed by atoms with Crippen LogP contribution in [-0.2, 0) is 6.42 Å². The summed E-state index contributed by atoms with van der Waals surface area (Å²) in [6.45, 7) is 2.65. The van der Waals surface area contributed by atoms with Gasteiger partial charge in [0.2, 0.25) is 0 Å². The van der Waals surface area contributed by atoms with Gasteiger partial charge in [-0.05, 0) is 42.7 Å². The van der Waals surface area contributed by atoms with Crippen LogP contribution in [0.2, 0.25) is 0 Å². The molecule has 0 saturated carbocycles. The van der Waals surface area contributed by atoms with Crippen LogP contribution in [0.3, 0.4) is 0 Å². The number of aryl methyl sites for hydroxylation is 1. The molecule has 1 aromatic heterocycles. The van der Waals surface area contributed by atoms with Gasteiger partial charge in [0.15, 0.2) is 0 Å². The van der Waals surface area contributed by atoms with Crippen molar-refractivity contribution < 1.29 is 4.39 Å².